The van der Waals surface area contributed by atoms with Crippen molar-refractivity contribution in [3.05, 3.63) is 76.2 Å². The molecule has 0 atom stereocenters. The van der Waals surface area contributed by atoms with Crippen molar-refractivity contribution in [3.63, 3.8) is 0 Å². The molecule has 2 N–H and O–H groups in total. The summed E-state index contributed by atoms with van der Waals surface area (Å²) in [5.74, 6) is 0.856. The molecule has 0 saturated heterocycles. The first kappa shape index (κ1) is 19.3. The Morgan fingerprint density at radius 3 is 2.54 bits per heavy atom. The molecule has 142 valence electrons. The van der Waals surface area contributed by atoms with Gasteiger partial charge >= 0.3 is 0 Å². The van der Waals surface area contributed by atoms with Gasteiger partial charge in [-0.15, -0.1) is 0 Å². The second kappa shape index (κ2) is 8.49. The minimum absolute atomic E-state index is 0.0103. The Kier molecular flexibility index (Phi) is 5.85. The van der Waals surface area contributed by atoms with E-state index in [-0.39, 0.29) is 12.2 Å². The molecule has 0 unspecified atom stereocenters. The van der Waals surface area contributed by atoms with Gasteiger partial charge < -0.3 is 10.6 Å². The van der Waals surface area contributed by atoms with Crippen LogP contribution in [0.15, 0.2) is 64.5 Å². The van der Waals surface area contributed by atoms with Gasteiger partial charge in [-0.25, -0.2) is 9.97 Å². The van der Waals surface area contributed by atoms with Gasteiger partial charge in [0.25, 0.3) is 5.69 Å². The number of nitrogen functional groups attached to an aromatic ring is 1. The van der Waals surface area contributed by atoms with Crippen LogP contribution < -0.4 is 10.6 Å². The van der Waals surface area contributed by atoms with Gasteiger partial charge in [-0.2, -0.15) is 0 Å². The van der Waals surface area contributed by atoms with Crippen LogP contribution in [0.4, 0.5) is 17.2 Å². The summed E-state index contributed by atoms with van der Waals surface area (Å²) in [6.07, 6.45) is 2.28. The molecule has 0 spiro atoms. The minimum Gasteiger partial charge on any atom is -0.383 e. The topological polar surface area (TPSA) is 115 Å². The average Bonchev–Trinajstić information content (AvgIpc) is 2.68. The third-order valence-electron chi connectivity index (χ3n) is 3.94. The summed E-state index contributed by atoms with van der Waals surface area (Å²) in [5, 5.41) is 11.3. The zero-order valence-corrected chi connectivity index (χ0v) is 15.8. The van der Waals surface area contributed by atoms with Crippen LogP contribution in [0.3, 0.4) is 0 Å². The molecule has 8 nitrogen and oxygen atoms in total. The fraction of sp³-hybridized carbons (Fsp3) is 0.105. The number of rotatable bonds is 7. The Hall–Kier alpha value is -3.46. The largest absolute Gasteiger partial charge is 0.383 e. The molecule has 0 bridgehead atoms. The summed E-state index contributed by atoms with van der Waals surface area (Å²) < 4.78 is 0. The molecule has 0 aliphatic rings. The summed E-state index contributed by atoms with van der Waals surface area (Å²) in [6.45, 7) is 1.92. The number of amides is 1. The third kappa shape index (κ3) is 4.26. The van der Waals surface area contributed by atoms with Gasteiger partial charge in [-0.05, 0) is 25.1 Å². The predicted molar refractivity (Wildman–Crippen MR) is 107 cm³/mol. The number of benzene rings is 2. The lowest BCUT2D eigenvalue weighted by molar-refractivity contribution is -0.387. The number of nitro groups is 1. The molecule has 0 saturated carbocycles. The zero-order chi connectivity index (χ0) is 20.1. The van der Waals surface area contributed by atoms with E-state index in [1.807, 2.05) is 12.1 Å². The highest BCUT2D eigenvalue weighted by Crippen LogP contribution is 2.39. The number of aryl methyl sites for hydroxylation is 1. The van der Waals surface area contributed by atoms with Crippen molar-refractivity contribution >= 4 is 35.4 Å². The maximum absolute atomic E-state index is 11.8. The highest BCUT2D eigenvalue weighted by Gasteiger charge is 2.18. The lowest BCUT2D eigenvalue weighted by Gasteiger charge is -2.21. The summed E-state index contributed by atoms with van der Waals surface area (Å²) in [6, 6.07) is 13.7. The van der Waals surface area contributed by atoms with Crippen LogP contribution in [0.5, 0.6) is 0 Å². The smallest absolute Gasteiger partial charge is 0.283 e. The average molecular weight is 395 g/mol. The third-order valence-corrected chi connectivity index (χ3v) is 5.07. The van der Waals surface area contributed by atoms with Crippen LogP contribution in [0.25, 0.3) is 0 Å². The Balaban J connectivity index is 1.94. The number of carbonyl (C=O) groups excluding carboxylic acids is 1. The van der Waals surface area contributed by atoms with Crippen LogP contribution in [-0.2, 0) is 11.3 Å². The normalized spacial score (nSPS) is 10.5. The maximum atomic E-state index is 11.8. The number of aromatic nitrogens is 2. The van der Waals surface area contributed by atoms with E-state index in [0.29, 0.717) is 39.1 Å². The number of carbonyl (C=O) groups is 1. The van der Waals surface area contributed by atoms with Crippen LogP contribution in [0, 0.1) is 17.0 Å². The van der Waals surface area contributed by atoms with Crippen molar-refractivity contribution in [2.24, 2.45) is 0 Å². The van der Waals surface area contributed by atoms with Gasteiger partial charge in [0.05, 0.1) is 22.1 Å². The Morgan fingerprint density at radius 1 is 1.18 bits per heavy atom. The van der Waals surface area contributed by atoms with Gasteiger partial charge in [-0.1, -0.05) is 36.0 Å². The van der Waals surface area contributed by atoms with Crippen LogP contribution in [0.1, 0.15) is 11.4 Å². The molecule has 28 heavy (non-hydrogen) atoms. The van der Waals surface area contributed by atoms with Crippen LogP contribution in [0.2, 0.25) is 0 Å². The molecule has 0 radical (unpaired) electrons. The van der Waals surface area contributed by atoms with E-state index in [4.69, 9.17) is 5.73 Å². The molecule has 3 rings (SSSR count). The molecule has 0 aliphatic heterocycles. The number of para-hydroxylation sites is 2. The highest BCUT2D eigenvalue weighted by atomic mass is 32.2. The molecular formula is C19H17N5O3S. The van der Waals surface area contributed by atoms with Crippen molar-refractivity contribution in [2.75, 3.05) is 10.6 Å². The summed E-state index contributed by atoms with van der Waals surface area (Å²) in [5.41, 5.74) is 7.18. The molecule has 0 aliphatic carbocycles. The molecule has 2 aromatic carbocycles. The quantitative estimate of drug-likeness (QED) is 0.369. The molecule has 0 fully saturated rings. The predicted octanol–water partition coefficient (Wildman–Crippen LogP) is 3.59. The fourth-order valence-electron chi connectivity index (χ4n) is 2.59. The first-order chi connectivity index (χ1) is 13.5. The number of hydrogen-bond donors (Lipinski definition) is 1. The number of anilines is 2. The molecule has 1 amide bonds. The Morgan fingerprint density at radius 2 is 1.86 bits per heavy atom. The summed E-state index contributed by atoms with van der Waals surface area (Å²) in [7, 11) is 0. The van der Waals surface area contributed by atoms with Crippen molar-refractivity contribution in [3.8, 4) is 0 Å². The second-order valence-electron chi connectivity index (χ2n) is 5.86. The van der Waals surface area contributed by atoms with Gasteiger partial charge in [0.15, 0.2) is 0 Å². The van der Waals surface area contributed by atoms with Gasteiger partial charge in [0.1, 0.15) is 11.6 Å². The van der Waals surface area contributed by atoms with Gasteiger partial charge in [0.2, 0.25) is 6.41 Å². The van der Waals surface area contributed by atoms with Crippen molar-refractivity contribution in [2.45, 2.75) is 23.3 Å². The van der Waals surface area contributed by atoms with Crippen molar-refractivity contribution in [1.29, 1.82) is 0 Å². The van der Waals surface area contributed by atoms with E-state index in [9.17, 15) is 14.9 Å². The van der Waals surface area contributed by atoms with Crippen LogP contribution >= 0.6 is 11.8 Å². The van der Waals surface area contributed by atoms with E-state index in [0.717, 1.165) is 0 Å². The number of nitrogens with zero attached hydrogens (tertiary/aromatic N) is 4. The van der Waals surface area contributed by atoms with E-state index in [2.05, 4.69) is 9.97 Å². The minimum atomic E-state index is -0.424. The van der Waals surface area contributed by atoms with Gasteiger partial charge in [0, 0.05) is 22.7 Å². The maximum Gasteiger partial charge on any atom is 0.283 e. The summed E-state index contributed by atoms with van der Waals surface area (Å²) >= 11 is 1.23. The first-order valence-electron chi connectivity index (χ1n) is 8.30. The monoisotopic (exact) mass is 395 g/mol. The molecule has 3 aromatic rings. The SMILES string of the molecule is Cc1ncc(CN(C=O)c2ccccc2Sc2ccccc2[N+](=O)[O-])c(N)n1. The highest BCUT2D eigenvalue weighted by molar-refractivity contribution is 7.99. The second-order valence-corrected chi connectivity index (χ2v) is 6.94. The standard InChI is InChI=1S/C19H17N5O3S/c1-13-21-10-14(19(20)22-13)11-23(12-25)15-6-2-4-8-17(15)28-18-9-5-3-7-16(18)24(26)27/h2-10,12H,11H2,1H3,(H2,20,21,22). The molecular weight excluding hydrogens is 378 g/mol. The molecule has 1 heterocycles. The van der Waals surface area contributed by atoms with Gasteiger partial charge in [-0.3, -0.25) is 14.9 Å². The van der Waals surface area contributed by atoms with Crippen LogP contribution in [-0.4, -0.2) is 21.3 Å². The number of hydrogen-bond acceptors (Lipinski definition) is 7. The lowest BCUT2D eigenvalue weighted by Crippen LogP contribution is -2.22. The molecule has 1 aromatic heterocycles. The summed E-state index contributed by atoms with van der Waals surface area (Å²) in [4.78, 5) is 33.6. The lowest BCUT2D eigenvalue weighted by atomic mass is 10.2. The van der Waals surface area contributed by atoms with E-state index in [1.165, 1.54) is 22.7 Å². The zero-order valence-electron chi connectivity index (χ0n) is 15.0. The Labute approximate surface area is 165 Å². The first-order valence-corrected chi connectivity index (χ1v) is 9.11. The van der Waals surface area contributed by atoms with E-state index < -0.39 is 4.92 Å². The van der Waals surface area contributed by atoms with Crippen molar-refractivity contribution in [1.82, 2.24) is 9.97 Å². The fourth-order valence-corrected chi connectivity index (χ4v) is 3.66. The number of nitrogens with two attached hydrogens (primary N) is 1. The van der Waals surface area contributed by atoms with E-state index in [1.54, 1.807) is 43.5 Å². The Bertz CT molecular complexity index is 1030. The van der Waals surface area contributed by atoms with E-state index >= 15 is 0 Å². The van der Waals surface area contributed by atoms with Crippen molar-refractivity contribution < 1.29 is 9.72 Å². The number of nitro benzene ring substituents is 1. The molecule has 9 heteroatoms.